The van der Waals surface area contributed by atoms with E-state index in [0.717, 1.165) is 19.3 Å². The second-order valence-corrected chi connectivity index (χ2v) is 8.59. The first kappa shape index (κ1) is 26.2. The van der Waals surface area contributed by atoms with Gasteiger partial charge in [-0.2, -0.15) is 0 Å². The molecule has 2 aliphatic rings. The van der Waals surface area contributed by atoms with Crippen LogP contribution in [0.25, 0.3) is 0 Å². The predicted molar refractivity (Wildman–Crippen MR) is 133 cm³/mol. The topological polar surface area (TPSA) is 102 Å². The molecule has 0 saturated heterocycles. The van der Waals surface area contributed by atoms with Crippen molar-refractivity contribution >= 4 is 5.97 Å². The Kier molecular flexibility index (Phi) is 8.13. The lowest BCUT2D eigenvalue weighted by Crippen LogP contribution is -2.29. The molecule has 2 aliphatic heterocycles. The number of cyclic esters (lactones) is 1. The van der Waals surface area contributed by atoms with Crippen molar-refractivity contribution in [2.45, 2.75) is 38.4 Å². The van der Waals surface area contributed by atoms with Crippen molar-refractivity contribution in [1.29, 1.82) is 0 Å². The molecule has 0 aliphatic carbocycles. The van der Waals surface area contributed by atoms with Crippen LogP contribution < -0.4 is 18.9 Å². The van der Waals surface area contributed by atoms with Gasteiger partial charge in [-0.3, -0.25) is 0 Å². The molecule has 37 heavy (non-hydrogen) atoms. The lowest BCUT2D eigenvalue weighted by Gasteiger charge is -2.26. The number of esters is 1. The zero-order chi connectivity index (χ0) is 26.4. The van der Waals surface area contributed by atoms with Crippen LogP contribution in [0, 0.1) is 0 Å². The fourth-order valence-corrected chi connectivity index (χ4v) is 4.33. The molecular weight excluding hydrogens is 480 g/mol. The maximum Gasteiger partial charge on any atom is 0.345 e. The van der Waals surface area contributed by atoms with Crippen molar-refractivity contribution < 1.29 is 43.1 Å². The SMILES string of the molecule is CCCCCOc1c(OC)cc(CC2=C(C3=COCO3)C(=O)OC2(O)c2ccc(OC)cc2)cc1OC. The summed E-state index contributed by atoms with van der Waals surface area (Å²) in [6.45, 7) is 2.62. The zero-order valence-corrected chi connectivity index (χ0v) is 21.5. The van der Waals surface area contributed by atoms with Gasteiger partial charge in [0, 0.05) is 17.6 Å². The number of ether oxygens (including phenoxy) is 7. The minimum Gasteiger partial charge on any atom is -0.497 e. The van der Waals surface area contributed by atoms with E-state index >= 15 is 0 Å². The molecule has 4 rings (SSSR count). The summed E-state index contributed by atoms with van der Waals surface area (Å²) in [4.78, 5) is 13.0. The highest BCUT2D eigenvalue weighted by Crippen LogP contribution is 2.46. The number of benzene rings is 2. The monoisotopic (exact) mass is 512 g/mol. The van der Waals surface area contributed by atoms with Crippen molar-refractivity contribution in [3.8, 4) is 23.0 Å². The van der Waals surface area contributed by atoms with Gasteiger partial charge >= 0.3 is 5.97 Å². The maximum atomic E-state index is 13.0. The van der Waals surface area contributed by atoms with Crippen molar-refractivity contribution in [1.82, 2.24) is 0 Å². The van der Waals surface area contributed by atoms with E-state index in [1.807, 2.05) is 0 Å². The molecule has 0 fully saturated rings. The quantitative estimate of drug-likeness (QED) is 0.328. The number of aliphatic hydroxyl groups is 1. The zero-order valence-electron chi connectivity index (χ0n) is 21.5. The van der Waals surface area contributed by atoms with E-state index in [-0.39, 0.29) is 24.5 Å². The Bertz CT molecular complexity index is 1160. The number of hydrogen-bond donors (Lipinski definition) is 1. The molecule has 9 nitrogen and oxygen atoms in total. The Morgan fingerprint density at radius 2 is 1.70 bits per heavy atom. The third kappa shape index (κ3) is 5.32. The summed E-state index contributed by atoms with van der Waals surface area (Å²) in [6.07, 6.45) is 4.50. The summed E-state index contributed by atoms with van der Waals surface area (Å²) in [5.74, 6) is -0.516. The van der Waals surface area contributed by atoms with E-state index in [2.05, 4.69) is 6.92 Å². The van der Waals surface area contributed by atoms with Crippen molar-refractivity contribution in [3.63, 3.8) is 0 Å². The molecule has 2 heterocycles. The van der Waals surface area contributed by atoms with Crippen molar-refractivity contribution in [2.75, 3.05) is 34.7 Å². The fourth-order valence-electron chi connectivity index (χ4n) is 4.33. The van der Waals surface area contributed by atoms with E-state index < -0.39 is 11.8 Å². The summed E-state index contributed by atoms with van der Waals surface area (Å²) >= 11 is 0. The third-order valence-corrected chi connectivity index (χ3v) is 6.25. The highest BCUT2D eigenvalue weighted by Gasteiger charge is 2.49. The summed E-state index contributed by atoms with van der Waals surface area (Å²) in [5, 5.41) is 11.8. The molecule has 2 aromatic carbocycles. The molecular formula is C28H32O9. The van der Waals surface area contributed by atoms with Gasteiger partial charge in [-0.05, 0) is 48.4 Å². The number of carbonyl (C=O) groups is 1. The average Bonchev–Trinajstić information content (AvgIpc) is 3.53. The first-order chi connectivity index (χ1) is 17.9. The van der Waals surface area contributed by atoms with Gasteiger partial charge in [-0.1, -0.05) is 19.8 Å². The van der Waals surface area contributed by atoms with Crippen molar-refractivity contribution in [2.24, 2.45) is 0 Å². The Hall–Kier alpha value is -3.85. The number of carbonyl (C=O) groups excluding carboxylic acids is 1. The fraction of sp³-hybridized carbons (Fsp3) is 0.393. The molecule has 9 heteroatoms. The Labute approximate surface area is 216 Å². The molecule has 0 bridgehead atoms. The second-order valence-electron chi connectivity index (χ2n) is 8.59. The van der Waals surface area contributed by atoms with Crippen molar-refractivity contribution in [3.05, 3.63) is 70.7 Å². The standard InChI is InChI=1S/C28H32O9/c1-5-6-7-12-35-26-22(32-3)14-18(15-23(26)33-4)13-21-25(24-16-34-17-36-24)27(29)37-28(21,30)19-8-10-20(31-2)11-9-19/h8-11,14-16,30H,5-7,12-13,17H2,1-4H3. The van der Waals surface area contributed by atoms with Crippen LogP contribution in [0.15, 0.2) is 59.6 Å². The first-order valence-electron chi connectivity index (χ1n) is 12.1. The van der Waals surface area contributed by atoms with Crippen LogP contribution in [0.2, 0.25) is 0 Å². The first-order valence-corrected chi connectivity index (χ1v) is 12.1. The van der Waals surface area contributed by atoms with Crippen LogP contribution in [0.5, 0.6) is 23.0 Å². The molecule has 0 radical (unpaired) electrons. The molecule has 0 amide bonds. The highest BCUT2D eigenvalue weighted by atomic mass is 16.7. The highest BCUT2D eigenvalue weighted by molar-refractivity contribution is 5.97. The number of unbranched alkanes of at least 4 members (excludes halogenated alkanes) is 2. The Balaban J connectivity index is 1.76. The van der Waals surface area contributed by atoms with Gasteiger partial charge in [0.15, 0.2) is 17.3 Å². The third-order valence-electron chi connectivity index (χ3n) is 6.25. The largest absolute Gasteiger partial charge is 0.497 e. The van der Waals surface area contributed by atoms with Crippen LogP contribution >= 0.6 is 0 Å². The molecule has 1 atom stereocenters. The Morgan fingerprint density at radius 1 is 1.00 bits per heavy atom. The van der Waals surface area contributed by atoms with Crippen LogP contribution in [0.3, 0.4) is 0 Å². The smallest absolute Gasteiger partial charge is 0.345 e. The lowest BCUT2D eigenvalue weighted by molar-refractivity contribution is -0.186. The number of hydrogen-bond acceptors (Lipinski definition) is 9. The van der Waals surface area contributed by atoms with E-state index in [1.165, 1.54) is 6.26 Å². The van der Waals surface area contributed by atoms with Crippen LogP contribution in [0.4, 0.5) is 0 Å². The van der Waals surface area contributed by atoms with Gasteiger partial charge in [0.1, 0.15) is 17.6 Å². The maximum absolute atomic E-state index is 13.0. The Morgan fingerprint density at radius 3 is 2.27 bits per heavy atom. The molecule has 0 spiro atoms. The molecule has 0 aromatic heterocycles. The second kappa shape index (κ2) is 11.5. The average molecular weight is 513 g/mol. The van der Waals surface area contributed by atoms with Gasteiger partial charge < -0.3 is 38.3 Å². The number of rotatable bonds is 12. The van der Waals surface area contributed by atoms with Gasteiger partial charge in [0.2, 0.25) is 12.5 Å². The molecule has 198 valence electrons. The van der Waals surface area contributed by atoms with E-state index in [4.69, 9.17) is 33.2 Å². The summed E-state index contributed by atoms with van der Waals surface area (Å²) in [5.41, 5.74) is 1.46. The molecule has 1 unspecified atom stereocenters. The van der Waals surface area contributed by atoms with E-state index in [9.17, 15) is 9.90 Å². The molecule has 1 N–H and O–H groups in total. The molecule has 0 saturated carbocycles. The predicted octanol–water partition coefficient (Wildman–Crippen LogP) is 4.37. The molecule has 2 aromatic rings. The normalized spacial score (nSPS) is 18.6. The van der Waals surface area contributed by atoms with Gasteiger partial charge in [0.05, 0.1) is 27.9 Å². The van der Waals surface area contributed by atoms with Gasteiger partial charge in [-0.25, -0.2) is 4.79 Å². The lowest BCUT2D eigenvalue weighted by atomic mass is 9.89. The van der Waals surface area contributed by atoms with E-state index in [1.54, 1.807) is 57.7 Å². The minimum absolute atomic E-state index is 0.0356. The summed E-state index contributed by atoms with van der Waals surface area (Å²) in [6, 6.07) is 10.2. The van der Waals surface area contributed by atoms with Crippen LogP contribution in [0.1, 0.15) is 37.3 Å². The summed E-state index contributed by atoms with van der Waals surface area (Å²) < 4.78 is 38.7. The van der Waals surface area contributed by atoms with Crippen LogP contribution in [-0.4, -0.2) is 45.8 Å². The van der Waals surface area contributed by atoms with Crippen LogP contribution in [-0.2, 0) is 31.2 Å². The van der Waals surface area contributed by atoms with Gasteiger partial charge in [0.25, 0.3) is 5.79 Å². The summed E-state index contributed by atoms with van der Waals surface area (Å²) in [7, 11) is 4.64. The number of methoxy groups -OCH3 is 3. The van der Waals surface area contributed by atoms with Gasteiger partial charge in [-0.15, -0.1) is 0 Å². The minimum atomic E-state index is -2.04. The van der Waals surface area contributed by atoms with E-state index in [0.29, 0.717) is 46.3 Å².